The molecule has 1 N–H and O–H groups in total. The Hall–Kier alpha value is -2.83. The molecule has 0 unspecified atom stereocenters. The van der Waals surface area contributed by atoms with Crippen molar-refractivity contribution in [2.24, 2.45) is 0 Å². The minimum absolute atomic E-state index is 0.164. The average Bonchev–Trinajstić information content (AvgIpc) is 3.04. The van der Waals surface area contributed by atoms with Gasteiger partial charge in [0.15, 0.2) is 12.4 Å². The minimum atomic E-state index is -0.473. The molecular formula is C15H16N2O5. The van der Waals surface area contributed by atoms with Crippen molar-refractivity contribution in [3.8, 4) is 5.75 Å². The second-order valence-corrected chi connectivity index (χ2v) is 4.41. The molecule has 1 amide bonds. The van der Waals surface area contributed by atoms with Crippen molar-refractivity contribution >= 4 is 17.7 Å². The molecule has 7 nitrogen and oxygen atoms in total. The maximum absolute atomic E-state index is 11.6. The van der Waals surface area contributed by atoms with Crippen LogP contribution in [-0.2, 0) is 20.7 Å². The Morgan fingerprint density at radius 3 is 2.82 bits per heavy atom. The van der Waals surface area contributed by atoms with E-state index in [2.05, 4.69) is 15.0 Å². The van der Waals surface area contributed by atoms with Gasteiger partial charge in [-0.3, -0.25) is 9.59 Å². The van der Waals surface area contributed by atoms with Gasteiger partial charge in [-0.2, -0.15) is 0 Å². The maximum Gasteiger partial charge on any atom is 0.306 e. The van der Waals surface area contributed by atoms with Gasteiger partial charge in [0, 0.05) is 12.5 Å². The van der Waals surface area contributed by atoms with Crippen LogP contribution in [0, 0.1) is 0 Å². The van der Waals surface area contributed by atoms with E-state index in [4.69, 9.17) is 9.47 Å². The molecule has 2 rings (SSSR count). The second kappa shape index (κ2) is 7.82. The van der Waals surface area contributed by atoms with Crippen LogP contribution in [-0.4, -0.2) is 30.7 Å². The quantitative estimate of drug-likeness (QED) is 0.784. The van der Waals surface area contributed by atoms with Gasteiger partial charge in [-0.05, 0) is 18.1 Å². The van der Waals surface area contributed by atoms with Crippen molar-refractivity contribution in [1.29, 1.82) is 0 Å². The summed E-state index contributed by atoms with van der Waals surface area (Å²) in [5.74, 6) is 0.0647. The van der Waals surface area contributed by atoms with Crippen molar-refractivity contribution in [2.45, 2.75) is 12.8 Å². The summed E-state index contributed by atoms with van der Waals surface area (Å²) >= 11 is 0. The van der Waals surface area contributed by atoms with Gasteiger partial charge in [-0.1, -0.05) is 23.4 Å². The summed E-state index contributed by atoms with van der Waals surface area (Å²) in [6.45, 7) is -0.363. The molecule has 0 radical (unpaired) electrons. The van der Waals surface area contributed by atoms with Crippen LogP contribution in [0.25, 0.3) is 0 Å². The molecule has 0 saturated carbocycles. The lowest BCUT2D eigenvalue weighted by Gasteiger charge is -2.08. The van der Waals surface area contributed by atoms with E-state index >= 15 is 0 Å². The van der Waals surface area contributed by atoms with Crippen LogP contribution in [0.1, 0.15) is 12.0 Å². The van der Waals surface area contributed by atoms with Crippen LogP contribution in [0.15, 0.2) is 41.1 Å². The highest BCUT2D eigenvalue weighted by Crippen LogP contribution is 2.18. The zero-order valence-electron chi connectivity index (χ0n) is 12.1. The number of hydrogen-bond acceptors (Lipinski definition) is 6. The molecule has 22 heavy (non-hydrogen) atoms. The minimum Gasteiger partial charge on any atom is -0.496 e. The monoisotopic (exact) mass is 304 g/mol. The molecule has 0 bridgehead atoms. The fraction of sp³-hybridized carbons (Fsp3) is 0.267. The van der Waals surface area contributed by atoms with Gasteiger partial charge in [0.05, 0.1) is 7.11 Å². The molecule has 0 aliphatic carbocycles. The summed E-state index contributed by atoms with van der Waals surface area (Å²) < 4.78 is 14.7. The number of methoxy groups -OCH3 is 1. The molecule has 0 atom stereocenters. The van der Waals surface area contributed by atoms with E-state index in [1.165, 1.54) is 12.3 Å². The number of carbonyl (C=O) groups is 2. The molecular weight excluding hydrogens is 288 g/mol. The number of rotatable bonds is 7. The van der Waals surface area contributed by atoms with Crippen molar-refractivity contribution in [3.05, 3.63) is 42.2 Å². The number of nitrogens with one attached hydrogen (secondary N) is 1. The van der Waals surface area contributed by atoms with Crippen LogP contribution in [0.3, 0.4) is 0 Å². The van der Waals surface area contributed by atoms with Gasteiger partial charge in [-0.25, -0.2) is 0 Å². The standard InChI is InChI=1S/C15H16N2O5/c1-20-12-5-3-2-4-11(12)6-7-15(19)21-10-14(18)16-13-8-9-22-17-13/h2-5,8-9H,6-7,10H2,1H3,(H,16,17,18). The highest BCUT2D eigenvalue weighted by molar-refractivity contribution is 5.91. The topological polar surface area (TPSA) is 90.7 Å². The van der Waals surface area contributed by atoms with Crippen molar-refractivity contribution in [3.63, 3.8) is 0 Å². The Bertz CT molecular complexity index is 625. The van der Waals surface area contributed by atoms with Crippen LogP contribution in [0.2, 0.25) is 0 Å². The smallest absolute Gasteiger partial charge is 0.306 e. The Morgan fingerprint density at radius 2 is 2.09 bits per heavy atom. The van der Waals surface area contributed by atoms with Crippen molar-refractivity contribution < 1.29 is 23.6 Å². The van der Waals surface area contributed by atoms with E-state index < -0.39 is 11.9 Å². The summed E-state index contributed by atoms with van der Waals surface area (Å²) in [7, 11) is 1.57. The molecule has 1 aromatic carbocycles. The average molecular weight is 304 g/mol. The first kappa shape index (κ1) is 15.6. The van der Waals surface area contributed by atoms with Crippen molar-refractivity contribution in [2.75, 3.05) is 19.0 Å². The predicted molar refractivity (Wildman–Crippen MR) is 77.4 cm³/mol. The van der Waals surface area contributed by atoms with E-state index in [-0.39, 0.29) is 18.8 Å². The molecule has 0 saturated heterocycles. The van der Waals surface area contributed by atoms with E-state index in [1.807, 2.05) is 24.3 Å². The Balaban J connectivity index is 1.72. The number of benzene rings is 1. The first-order valence-electron chi connectivity index (χ1n) is 6.67. The van der Waals surface area contributed by atoms with Crippen molar-refractivity contribution in [1.82, 2.24) is 5.16 Å². The van der Waals surface area contributed by atoms with Crippen LogP contribution < -0.4 is 10.1 Å². The number of ether oxygens (including phenoxy) is 2. The number of amides is 1. The molecule has 0 spiro atoms. The number of aryl methyl sites for hydroxylation is 1. The lowest BCUT2D eigenvalue weighted by Crippen LogP contribution is -2.21. The fourth-order valence-corrected chi connectivity index (χ4v) is 1.82. The zero-order valence-corrected chi connectivity index (χ0v) is 12.1. The number of hydrogen-bond donors (Lipinski definition) is 1. The highest BCUT2D eigenvalue weighted by Gasteiger charge is 2.10. The number of para-hydroxylation sites is 1. The number of esters is 1. The third-order valence-electron chi connectivity index (χ3n) is 2.86. The third-order valence-corrected chi connectivity index (χ3v) is 2.86. The summed E-state index contributed by atoms with van der Waals surface area (Å²) in [4.78, 5) is 23.1. The first-order valence-corrected chi connectivity index (χ1v) is 6.67. The van der Waals surface area contributed by atoms with E-state index in [0.29, 0.717) is 6.42 Å². The van der Waals surface area contributed by atoms with Gasteiger partial charge in [-0.15, -0.1) is 0 Å². The third kappa shape index (κ3) is 4.62. The molecule has 1 heterocycles. The zero-order chi connectivity index (χ0) is 15.8. The first-order chi connectivity index (χ1) is 10.7. The van der Waals surface area contributed by atoms with Gasteiger partial charge >= 0.3 is 5.97 Å². The largest absolute Gasteiger partial charge is 0.496 e. The van der Waals surface area contributed by atoms with E-state index in [1.54, 1.807) is 7.11 Å². The summed E-state index contributed by atoms with van der Waals surface area (Å²) in [5.41, 5.74) is 0.911. The Morgan fingerprint density at radius 1 is 1.27 bits per heavy atom. The molecule has 1 aromatic heterocycles. The molecule has 7 heteroatoms. The second-order valence-electron chi connectivity index (χ2n) is 4.41. The number of nitrogens with zero attached hydrogens (tertiary/aromatic N) is 1. The van der Waals surface area contributed by atoms with E-state index in [9.17, 15) is 9.59 Å². The molecule has 0 fully saturated rings. The summed E-state index contributed by atoms with van der Waals surface area (Å²) in [6.07, 6.45) is 1.97. The maximum atomic E-state index is 11.6. The molecule has 2 aromatic rings. The van der Waals surface area contributed by atoms with Gasteiger partial charge in [0.25, 0.3) is 5.91 Å². The SMILES string of the molecule is COc1ccccc1CCC(=O)OCC(=O)Nc1ccon1. The van der Waals surface area contributed by atoms with Crippen LogP contribution in [0.4, 0.5) is 5.82 Å². The number of carbonyl (C=O) groups excluding carboxylic acids is 2. The van der Waals surface area contributed by atoms with Crippen LogP contribution in [0.5, 0.6) is 5.75 Å². The Kier molecular flexibility index (Phi) is 5.53. The summed E-state index contributed by atoms with van der Waals surface area (Å²) in [6, 6.07) is 8.92. The number of anilines is 1. The predicted octanol–water partition coefficient (Wildman–Crippen LogP) is 1.80. The van der Waals surface area contributed by atoms with Gasteiger partial charge in [0.2, 0.25) is 0 Å². The molecule has 0 aliphatic heterocycles. The fourth-order valence-electron chi connectivity index (χ4n) is 1.82. The van der Waals surface area contributed by atoms with Gasteiger partial charge in [0.1, 0.15) is 12.0 Å². The number of aromatic nitrogens is 1. The lowest BCUT2D eigenvalue weighted by molar-refractivity contribution is -0.147. The van der Waals surface area contributed by atoms with E-state index in [0.717, 1.165) is 11.3 Å². The lowest BCUT2D eigenvalue weighted by atomic mass is 10.1. The highest BCUT2D eigenvalue weighted by atomic mass is 16.5. The molecule has 116 valence electrons. The summed E-state index contributed by atoms with van der Waals surface area (Å²) in [5, 5.41) is 5.95. The normalized spacial score (nSPS) is 10.0. The Labute approximate surface area is 127 Å². The van der Waals surface area contributed by atoms with Crippen LogP contribution >= 0.6 is 0 Å². The molecule has 0 aliphatic rings. The van der Waals surface area contributed by atoms with Gasteiger partial charge < -0.3 is 19.3 Å².